The number of rotatable bonds is 0. The molecule has 0 saturated carbocycles. The Hall–Kier alpha value is 0.430. The summed E-state index contributed by atoms with van der Waals surface area (Å²) in [5.41, 5.74) is 0.969. The topological polar surface area (TPSA) is 0 Å². The second-order valence-corrected chi connectivity index (χ2v) is 9.40. The largest absolute Gasteiger partial charge is 0.132 e. The molecule has 14 heavy (non-hydrogen) atoms. The molecule has 1 atom stereocenters. The van der Waals surface area contributed by atoms with Gasteiger partial charge in [0.25, 0.3) is 0 Å². The summed E-state index contributed by atoms with van der Waals surface area (Å²) < 4.78 is 0. The first kappa shape index (κ1) is 16.8. The van der Waals surface area contributed by atoms with Crippen LogP contribution in [0.4, 0.5) is 0 Å². The Kier molecular flexibility index (Phi) is 6.61. The average molecular weight is 218 g/mol. The second-order valence-electron chi connectivity index (χ2n) is 7.66. The Morgan fingerprint density at radius 2 is 0.786 bits per heavy atom. The van der Waals surface area contributed by atoms with Gasteiger partial charge in [0.2, 0.25) is 0 Å². The quantitative estimate of drug-likeness (QED) is 0.494. The highest BCUT2D eigenvalue weighted by Crippen LogP contribution is 2.31. The molecule has 0 fully saturated rings. The van der Waals surface area contributed by atoms with Crippen molar-refractivity contribution in [1.29, 1.82) is 0 Å². The van der Waals surface area contributed by atoms with E-state index in [1.165, 1.54) is 6.42 Å². The maximum atomic E-state index is 2.72. The third-order valence-corrected chi connectivity index (χ3v) is 1.06. The minimum Gasteiger partial charge on any atom is -0.132 e. The Labute approximate surface area is 94.5 Å². The van der Waals surface area contributed by atoms with Gasteiger partial charge in [-0.3, -0.25) is 0 Å². The van der Waals surface area contributed by atoms with Crippen LogP contribution in [0.5, 0.6) is 0 Å². The molecule has 0 heterocycles. The van der Waals surface area contributed by atoms with Crippen molar-refractivity contribution in [1.82, 2.24) is 0 Å². The summed E-state index contributed by atoms with van der Waals surface area (Å²) in [5, 5.41) is 0.417. The first-order chi connectivity index (χ1) is 5.71. The van der Waals surface area contributed by atoms with Crippen LogP contribution in [-0.2, 0) is 0 Å². The molecule has 0 radical (unpaired) electrons. The first-order valence-corrected chi connectivity index (χ1v) is 6.07. The Morgan fingerprint density at radius 1 is 0.643 bits per heavy atom. The van der Waals surface area contributed by atoms with E-state index in [-0.39, 0.29) is 0 Å². The lowest BCUT2D eigenvalue weighted by molar-refractivity contribution is 0.233. The first-order valence-electron chi connectivity index (χ1n) is 5.50. The van der Waals surface area contributed by atoms with Gasteiger partial charge in [-0.15, -0.1) is 9.24 Å². The van der Waals surface area contributed by atoms with Crippen LogP contribution in [0.1, 0.15) is 68.7 Å². The van der Waals surface area contributed by atoms with Crippen molar-refractivity contribution in [2.45, 2.75) is 73.9 Å². The highest BCUT2D eigenvalue weighted by Gasteiger charge is 2.20. The van der Waals surface area contributed by atoms with Gasteiger partial charge in [0.15, 0.2) is 0 Å². The molecule has 1 unspecified atom stereocenters. The van der Waals surface area contributed by atoms with Gasteiger partial charge in [-0.1, -0.05) is 62.3 Å². The van der Waals surface area contributed by atoms with Crippen LogP contribution in [0.15, 0.2) is 0 Å². The molecule has 0 rings (SSSR count). The zero-order valence-corrected chi connectivity index (χ0v) is 12.9. The lowest BCUT2D eigenvalue weighted by Gasteiger charge is -2.28. The molecule has 0 amide bonds. The summed E-state index contributed by atoms with van der Waals surface area (Å²) in [6.07, 6.45) is 1.29. The van der Waals surface area contributed by atoms with Crippen LogP contribution in [0, 0.1) is 10.8 Å². The molecule has 88 valence electrons. The van der Waals surface area contributed by atoms with Gasteiger partial charge in [0.05, 0.1) is 0 Å². The van der Waals surface area contributed by atoms with Gasteiger partial charge >= 0.3 is 0 Å². The van der Waals surface area contributed by atoms with Gasteiger partial charge < -0.3 is 0 Å². The van der Waals surface area contributed by atoms with E-state index in [1.807, 2.05) is 0 Å². The molecular formula is C13H31P. The van der Waals surface area contributed by atoms with Crippen molar-refractivity contribution in [2.75, 3.05) is 0 Å². The van der Waals surface area contributed by atoms with E-state index in [1.54, 1.807) is 0 Å². The van der Waals surface area contributed by atoms with Crippen molar-refractivity contribution in [3.63, 3.8) is 0 Å². The van der Waals surface area contributed by atoms with Crippen molar-refractivity contribution in [3.8, 4) is 0 Å². The van der Waals surface area contributed by atoms with E-state index < -0.39 is 0 Å². The lowest BCUT2D eigenvalue weighted by Crippen LogP contribution is -2.16. The molecule has 0 spiro atoms. The van der Waals surface area contributed by atoms with E-state index in [4.69, 9.17) is 0 Å². The summed E-state index contributed by atoms with van der Waals surface area (Å²) in [6, 6.07) is 0. The van der Waals surface area contributed by atoms with E-state index >= 15 is 0 Å². The molecule has 0 aliphatic carbocycles. The fourth-order valence-corrected chi connectivity index (χ4v) is 1.59. The number of hydrogen-bond donors (Lipinski definition) is 0. The maximum absolute atomic E-state index is 2.72. The molecule has 0 aromatic carbocycles. The van der Waals surface area contributed by atoms with E-state index in [0.717, 1.165) is 0 Å². The van der Waals surface area contributed by atoms with Crippen LogP contribution in [0.25, 0.3) is 0 Å². The fourth-order valence-electron chi connectivity index (χ4n) is 1.59. The lowest BCUT2D eigenvalue weighted by atomic mass is 9.78. The zero-order valence-electron chi connectivity index (χ0n) is 11.8. The van der Waals surface area contributed by atoms with Crippen LogP contribution >= 0.6 is 9.24 Å². The highest BCUT2D eigenvalue weighted by atomic mass is 31.0. The third-order valence-electron chi connectivity index (χ3n) is 1.06. The predicted octanol–water partition coefficient (Wildman–Crippen LogP) is 5.13. The SMILES string of the molecule is CC(C)(C)CC(C)(C)C.CC(C)(C)P. The molecule has 0 aliphatic heterocycles. The van der Waals surface area contributed by atoms with Crippen LogP contribution < -0.4 is 0 Å². The Morgan fingerprint density at radius 3 is 0.786 bits per heavy atom. The molecule has 0 N–H and O–H groups in total. The predicted molar refractivity (Wildman–Crippen MR) is 73.0 cm³/mol. The monoisotopic (exact) mass is 218 g/mol. The van der Waals surface area contributed by atoms with Gasteiger partial charge in [0, 0.05) is 0 Å². The fraction of sp³-hybridized carbons (Fsp3) is 1.00. The Bertz CT molecular complexity index is 120. The van der Waals surface area contributed by atoms with Crippen LogP contribution in [-0.4, -0.2) is 5.16 Å². The summed E-state index contributed by atoms with van der Waals surface area (Å²) in [5.74, 6) is 0. The number of hydrogen-bond acceptors (Lipinski definition) is 0. The van der Waals surface area contributed by atoms with Crippen molar-refractivity contribution < 1.29 is 0 Å². The minimum atomic E-state index is 0.417. The van der Waals surface area contributed by atoms with Gasteiger partial charge in [-0.25, -0.2) is 0 Å². The van der Waals surface area contributed by atoms with Gasteiger partial charge in [-0.2, -0.15) is 0 Å². The summed E-state index contributed by atoms with van der Waals surface area (Å²) in [7, 11) is 2.72. The molecule has 1 heteroatoms. The molecular weight excluding hydrogens is 187 g/mol. The molecule has 0 nitrogen and oxygen atoms in total. The molecule has 0 aliphatic rings. The van der Waals surface area contributed by atoms with Gasteiger partial charge in [0.1, 0.15) is 0 Å². The highest BCUT2D eigenvalue weighted by molar-refractivity contribution is 7.18. The molecule has 0 saturated heterocycles. The minimum absolute atomic E-state index is 0.417. The van der Waals surface area contributed by atoms with Crippen molar-refractivity contribution in [3.05, 3.63) is 0 Å². The normalized spacial score (nSPS) is 13.3. The van der Waals surface area contributed by atoms with Crippen molar-refractivity contribution >= 4 is 9.24 Å². The van der Waals surface area contributed by atoms with Crippen LogP contribution in [0.2, 0.25) is 0 Å². The summed E-state index contributed by atoms with van der Waals surface area (Å²) in [4.78, 5) is 0. The van der Waals surface area contributed by atoms with E-state index in [2.05, 4.69) is 71.6 Å². The summed E-state index contributed by atoms with van der Waals surface area (Å²) >= 11 is 0. The molecule has 0 bridgehead atoms. The standard InChI is InChI=1S/C9H20.C4H11P/c1-8(2,3)7-9(4,5)6;1-4(2,3)5/h7H2,1-6H3;5H2,1-3H3. The van der Waals surface area contributed by atoms with E-state index in [9.17, 15) is 0 Å². The van der Waals surface area contributed by atoms with Gasteiger partial charge in [-0.05, 0) is 22.4 Å². The van der Waals surface area contributed by atoms with Crippen LogP contribution in [0.3, 0.4) is 0 Å². The van der Waals surface area contributed by atoms with E-state index in [0.29, 0.717) is 16.0 Å². The smallest absolute Gasteiger partial charge is 0.0235 e. The average Bonchev–Trinajstić information content (AvgIpc) is 1.42. The molecule has 0 aromatic heterocycles. The zero-order chi connectivity index (χ0) is 12.2. The second kappa shape index (κ2) is 5.50. The summed E-state index contributed by atoms with van der Waals surface area (Å²) in [6.45, 7) is 20.2. The third kappa shape index (κ3) is 39.3. The Balaban J connectivity index is 0. The molecule has 0 aromatic rings. The van der Waals surface area contributed by atoms with Crippen molar-refractivity contribution in [2.24, 2.45) is 10.8 Å². The maximum Gasteiger partial charge on any atom is -0.0235 e.